The molecule has 7 nitrogen and oxygen atoms in total. The number of carbonyl (C=O) groups excluding carboxylic acids is 1. The number of nitrogens with one attached hydrogen (secondary N) is 1. The molecule has 8 heteroatoms. The van der Waals surface area contributed by atoms with Gasteiger partial charge < -0.3 is 10.1 Å². The summed E-state index contributed by atoms with van der Waals surface area (Å²) in [6.07, 6.45) is 6.60. The summed E-state index contributed by atoms with van der Waals surface area (Å²) in [5.41, 5.74) is 0.950. The Morgan fingerprint density at radius 3 is 2.64 bits per heavy atom. The number of rotatable bonds is 5. The van der Waals surface area contributed by atoms with Gasteiger partial charge >= 0.3 is 0 Å². The predicted octanol–water partition coefficient (Wildman–Crippen LogP) is 3.53. The zero-order valence-corrected chi connectivity index (χ0v) is 14.1. The minimum atomic E-state index is -0.390. The highest BCUT2D eigenvalue weighted by molar-refractivity contribution is 6.30. The molecule has 1 amide bonds. The fraction of sp³-hybridized carbons (Fsp3) is 0.118. The first-order chi connectivity index (χ1) is 12.1. The van der Waals surface area contributed by atoms with Crippen molar-refractivity contribution in [3.05, 3.63) is 65.6 Å². The van der Waals surface area contributed by atoms with Gasteiger partial charge in [0.1, 0.15) is 23.6 Å². The average molecular weight is 356 g/mol. The summed E-state index contributed by atoms with van der Waals surface area (Å²) < 4.78 is 5.70. The molecule has 1 N–H and O–H groups in total. The maximum Gasteiger partial charge on any atom is 0.275 e. The van der Waals surface area contributed by atoms with E-state index in [4.69, 9.17) is 16.3 Å². The minimum Gasteiger partial charge on any atom is -0.454 e. The topological polar surface area (TPSA) is 89.9 Å². The van der Waals surface area contributed by atoms with Gasteiger partial charge in [0.15, 0.2) is 5.75 Å². The standard InChI is InChI=1S/C17H14ClN5O2/c1-2-12-5-13(25-14-8-19-10-20-9-14)6-15(22-12)17(24)23-16-4-3-11(18)7-21-16/h3-10H,2H2,1H3,(H,21,23,24). The van der Waals surface area contributed by atoms with Crippen molar-refractivity contribution in [2.24, 2.45) is 0 Å². The summed E-state index contributed by atoms with van der Waals surface area (Å²) in [6, 6.07) is 6.58. The summed E-state index contributed by atoms with van der Waals surface area (Å²) in [7, 11) is 0. The number of hydrogen-bond acceptors (Lipinski definition) is 6. The molecule has 3 aromatic rings. The number of hydrogen-bond donors (Lipinski definition) is 1. The second kappa shape index (κ2) is 7.67. The molecule has 0 aliphatic heterocycles. The Balaban J connectivity index is 1.83. The molecular formula is C17H14ClN5O2. The van der Waals surface area contributed by atoms with Gasteiger partial charge in [0.2, 0.25) is 0 Å². The second-order valence-electron chi connectivity index (χ2n) is 5.03. The van der Waals surface area contributed by atoms with E-state index in [9.17, 15) is 4.79 Å². The highest BCUT2D eigenvalue weighted by Crippen LogP contribution is 2.22. The first-order valence-corrected chi connectivity index (χ1v) is 7.88. The number of aromatic nitrogens is 4. The third kappa shape index (κ3) is 4.48. The van der Waals surface area contributed by atoms with Crippen LogP contribution in [0.15, 0.2) is 49.2 Å². The summed E-state index contributed by atoms with van der Waals surface area (Å²) in [5, 5.41) is 3.17. The zero-order valence-electron chi connectivity index (χ0n) is 13.3. The number of ether oxygens (including phenoxy) is 1. The zero-order chi connectivity index (χ0) is 17.6. The molecule has 0 saturated heterocycles. The number of pyridine rings is 2. The Bertz CT molecular complexity index is 872. The van der Waals surface area contributed by atoms with Crippen LogP contribution in [0.2, 0.25) is 5.02 Å². The highest BCUT2D eigenvalue weighted by atomic mass is 35.5. The van der Waals surface area contributed by atoms with E-state index in [2.05, 4.69) is 25.3 Å². The van der Waals surface area contributed by atoms with Crippen LogP contribution in [0.1, 0.15) is 23.1 Å². The lowest BCUT2D eigenvalue weighted by atomic mass is 10.2. The number of amides is 1. The fourth-order valence-corrected chi connectivity index (χ4v) is 2.13. The van der Waals surface area contributed by atoms with Crippen LogP contribution in [-0.2, 0) is 6.42 Å². The van der Waals surface area contributed by atoms with Gasteiger partial charge in [-0.25, -0.2) is 19.9 Å². The van der Waals surface area contributed by atoms with Crippen molar-refractivity contribution in [2.45, 2.75) is 13.3 Å². The Morgan fingerprint density at radius 1 is 1.16 bits per heavy atom. The number of anilines is 1. The molecule has 3 aromatic heterocycles. The molecule has 0 radical (unpaired) electrons. The van der Waals surface area contributed by atoms with Crippen molar-refractivity contribution in [1.29, 1.82) is 0 Å². The van der Waals surface area contributed by atoms with E-state index >= 15 is 0 Å². The van der Waals surface area contributed by atoms with Crippen molar-refractivity contribution in [3.8, 4) is 11.5 Å². The van der Waals surface area contributed by atoms with Crippen LogP contribution in [-0.4, -0.2) is 25.8 Å². The normalized spacial score (nSPS) is 10.3. The molecule has 25 heavy (non-hydrogen) atoms. The van der Waals surface area contributed by atoms with Gasteiger partial charge in [0.25, 0.3) is 5.91 Å². The SMILES string of the molecule is CCc1cc(Oc2cncnc2)cc(C(=O)Nc2ccc(Cl)cn2)n1. The highest BCUT2D eigenvalue weighted by Gasteiger charge is 2.12. The summed E-state index contributed by atoms with van der Waals surface area (Å²) in [4.78, 5) is 28.6. The first kappa shape index (κ1) is 16.8. The average Bonchev–Trinajstić information content (AvgIpc) is 2.64. The maximum atomic E-state index is 12.4. The van der Waals surface area contributed by atoms with Crippen LogP contribution in [0.4, 0.5) is 5.82 Å². The molecule has 0 spiro atoms. The van der Waals surface area contributed by atoms with Crippen molar-refractivity contribution < 1.29 is 9.53 Å². The van der Waals surface area contributed by atoms with E-state index in [1.165, 1.54) is 24.9 Å². The van der Waals surface area contributed by atoms with Gasteiger partial charge in [0, 0.05) is 24.0 Å². The molecule has 3 rings (SSSR count). The van der Waals surface area contributed by atoms with Gasteiger partial charge in [0.05, 0.1) is 17.4 Å². The third-order valence-electron chi connectivity index (χ3n) is 3.19. The third-order valence-corrected chi connectivity index (χ3v) is 3.41. The molecule has 0 bridgehead atoms. The quantitative estimate of drug-likeness (QED) is 0.753. The smallest absolute Gasteiger partial charge is 0.275 e. The van der Waals surface area contributed by atoms with E-state index in [1.54, 1.807) is 24.3 Å². The minimum absolute atomic E-state index is 0.225. The van der Waals surface area contributed by atoms with Crippen molar-refractivity contribution in [1.82, 2.24) is 19.9 Å². The van der Waals surface area contributed by atoms with Crippen molar-refractivity contribution >= 4 is 23.3 Å². The van der Waals surface area contributed by atoms with Crippen molar-refractivity contribution in [3.63, 3.8) is 0 Å². The van der Waals surface area contributed by atoms with E-state index in [1.807, 2.05) is 6.92 Å². The Morgan fingerprint density at radius 2 is 1.96 bits per heavy atom. The van der Waals surface area contributed by atoms with Crippen molar-refractivity contribution in [2.75, 3.05) is 5.32 Å². The van der Waals surface area contributed by atoms with Crippen LogP contribution >= 0.6 is 11.6 Å². The van der Waals surface area contributed by atoms with Gasteiger partial charge in [-0.2, -0.15) is 0 Å². The molecule has 0 aliphatic carbocycles. The van der Waals surface area contributed by atoms with E-state index in [-0.39, 0.29) is 11.6 Å². The molecule has 0 aromatic carbocycles. The van der Waals surface area contributed by atoms with Gasteiger partial charge in [-0.3, -0.25) is 4.79 Å². The monoisotopic (exact) mass is 355 g/mol. The molecule has 0 saturated carbocycles. The number of aryl methyl sites for hydroxylation is 1. The molecule has 0 unspecified atom stereocenters. The first-order valence-electron chi connectivity index (χ1n) is 7.51. The van der Waals surface area contributed by atoms with Gasteiger partial charge in [-0.1, -0.05) is 18.5 Å². The van der Waals surface area contributed by atoms with E-state index in [0.717, 1.165) is 5.69 Å². The molecule has 126 valence electrons. The summed E-state index contributed by atoms with van der Waals surface area (Å²) in [6.45, 7) is 1.94. The summed E-state index contributed by atoms with van der Waals surface area (Å²) >= 11 is 5.79. The number of halogens is 1. The lowest BCUT2D eigenvalue weighted by Crippen LogP contribution is -2.15. The summed E-state index contributed by atoms with van der Waals surface area (Å²) in [5.74, 6) is 0.952. The van der Waals surface area contributed by atoms with E-state index in [0.29, 0.717) is 28.8 Å². The van der Waals surface area contributed by atoms with Gasteiger partial charge in [-0.05, 0) is 18.6 Å². The Hall–Kier alpha value is -3.06. The molecule has 0 fully saturated rings. The lowest BCUT2D eigenvalue weighted by Gasteiger charge is -2.09. The van der Waals surface area contributed by atoms with Crippen LogP contribution in [0.5, 0.6) is 11.5 Å². The fourth-order valence-electron chi connectivity index (χ4n) is 2.02. The molecule has 3 heterocycles. The largest absolute Gasteiger partial charge is 0.454 e. The molecular weight excluding hydrogens is 342 g/mol. The molecule has 0 atom stereocenters. The Kier molecular flexibility index (Phi) is 5.15. The second-order valence-corrected chi connectivity index (χ2v) is 5.46. The van der Waals surface area contributed by atoms with Crippen LogP contribution in [0, 0.1) is 0 Å². The van der Waals surface area contributed by atoms with Crippen LogP contribution in [0.3, 0.4) is 0 Å². The number of nitrogens with zero attached hydrogens (tertiary/aromatic N) is 4. The molecule has 0 aliphatic rings. The van der Waals surface area contributed by atoms with Gasteiger partial charge in [-0.15, -0.1) is 0 Å². The lowest BCUT2D eigenvalue weighted by molar-refractivity contribution is 0.102. The van der Waals surface area contributed by atoms with E-state index < -0.39 is 0 Å². The Labute approximate surface area is 149 Å². The van der Waals surface area contributed by atoms with Crippen LogP contribution in [0.25, 0.3) is 0 Å². The van der Waals surface area contributed by atoms with Crippen LogP contribution < -0.4 is 10.1 Å². The maximum absolute atomic E-state index is 12.4. The predicted molar refractivity (Wildman–Crippen MR) is 92.9 cm³/mol. The number of carbonyl (C=O) groups is 1.